The molecule has 4 aromatic rings. The summed E-state index contributed by atoms with van der Waals surface area (Å²) in [6, 6.07) is 10.7. The number of benzene rings is 3. The summed E-state index contributed by atoms with van der Waals surface area (Å²) in [6.07, 6.45) is 0. The summed E-state index contributed by atoms with van der Waals surface area (Å²) in [5.41, 5.74) is -1.56. The molecule has 0 saturated carbocycles. The van der Waals surface area contributed by atoms with Gasteiger partial charge in [-0.15, -0.1) is 0 Å². The van der Waals surface area contributed by atoms with Gasteiger partial charge in [0, 0.05) is 6.07 Å². The van der Waals surface area contributed by atoms with Gasteiger partial charge in [0.25, 0.3) is 0 Å². The first-order valence-electron chi connectivity index (χ1n) is 10.3. The van der Waals surface area contributed by atoms with E-state index in [-0.39, 0.29) is 28.2 Å². The van der Waals surface area contributed by atoms with Crippen molar-refractivity contribution >= 4 is 11.0 Å². The topological polar surface area (TPSA) is 57.9 Å². The number of ether oxygens (including phenoxy) is 3. The molecule has 0 aliphatic carbocycles. The second-order valence-electron chi connectivity index (χ2n) is 7.29. The van der Waals surface area contributed by atoms with E-state index in [0.717, 1.165) is 0 Å². The molecule has 0 atom stereocenters. The molecule has 1 aromatic heterocycles. The van der Waals surface area contributed by atoms with Crippen LogP contribution in [0, 0.1) is 36.0 Å². The highest BCUT2D eigenvalue weighted by atomic mass is 19.2. The van der Waals surface area contributed by atoms with Crippen molar-refractivity contribution in [3.63, 3.8) is 0 Å². The molecule has 4 rings (SSSR count). The monoisotopic (exact) mass is 492 g/mol. The molecule has 0 fully saturated rings. The van der Waals surface area contributed by atoms with Crippen LogP contribution in [0.1, 0.15) is 18.2 Å². The molecule has 0 unspecified atom stereocenters. The van der Waals surface area contributed by atoms with Crippen molar-refractivity contribution in [1.82, 2.24) is 0 Å². The Morgan fingerprint density at radius 3 is 2.11 bits per heavy atom. The number of hydrogen-bond donors (Lipinski definition) is 0. The Labute approximate surface area is 195 Å². The second-order valence-corrected chi connectivity index (χ2v) is 7.29. The lowest BCUT2D eigenvalue weighted by atomic mass is 10.1. The molecule has 35 heavy (non-hydrogen) atoms. The normalized spacial score (nSPS) is 11.1. The van der Waals surface area contributed by atoms with Crippen molar-refractivity contribution in [1.29, 1.82) is 0 Å². The standard InChI is InChI=1S/C25H17F5O5/c1-3-32-16-6-4-5-7-17(16)35-25-12(2)34-18-10-13(8-9-14(18)24(25)31)33-11-15-19(26)21(28)23(30)22(29)20(15)27/h4-10H,3,11H2,1-2H3. The van der Waals surface area contributed by atoms with Crippen LogP contribution in [0.15, 0.2) is 51.7 Å². The maximum absolute atomic E-state index is 13.9. The molecule has 1 heterocycles. The third-order valence-corrected chi connectivity index (χ3v) is 5.03. The molecule has 5 nitrogen and oxygen atoms in total. The zero-order chi connectivity index (χ0) is 25.3. The molecule has 0 N–H and O–H groups in total. The minimum absolute atomic E-state index is 0.0284. The minimum Gasteiger partial charge on any atom is -0.490 e. The van der Waals surface area contributed by atoms with Crippen molar-refractivity contribution < 1.29 is 40.6 Å². The van der Waals surface area contributed by atoms with E-state index in [4.69, 9.17) is 18.6 Å². The first-order chi connectivity index (χ1) is 16.7. The molecule has 0 radical (unpaired) electrons. The van der Waals surface area contributed by atoms with Crippen molar-refractivity contribution in [2.75, 3.05) is 6.61 Å². The van der Waals surface area contributed by atoms with Crippen LogP contribution in [0.5, 0.6) is 23.0 Å². The lowest BCUT2D eigenvalue weighted by Gasteiger charge is -2.13. The zero-order valence-electron chi connectivity index (χ0n) is 18.4. The van der Waals surface area contributed by atoms with Gasteiger partial charge in [-0.3, -0.25) is 4.79 Å². The Morgan fingerprint density at radius 1 is 0.829 bits per heavy atom. The van der Waals surface area contributed by atoms with Gasteiger partial charge in [-0.2, -0.15) is 0 Å². The highest BCUT2D eigenvalue weighted by molar-refractivity contribution is 5.79. The fourth-order valence-electron chi connectivity index (χ4n) is 3.33. The molecule has 0 bridgehead atoms. The predicted molar refractivity (Wildman–Crippen MR) is 115 cm³/mol. The molecular formula is C25H17F5O5. The van der Waals surface area contributed by atoms with E-state index in [2.05, 4.69) is 0 Å². The number of fused-ring (bicyclic) bond motifs is 1. The van der Waals surface area contributed by atoms with Gasteiger partial charge in [0.1, 0.15) is 23.7 Å². The van der Waals surface area contributed by atoms with E-state index in [1.54, 1.807) is 31.2 Å². The van der Waals surface area contributed by atoms with E-state index >= 15 is 0 Å². The lowest BCUT2D eigenvalue weighted by molar-refractivity contribution is 0.279. The van der Waals surface area contributed by atoms with Crippen molar-refractivity contribution in [3.8, 4) is 23.0 Å². The summed E-state index contributed by atoms with van der Waals surface area (Å²) in [5.74, 6) is -9.59. The van der Waals surface area contributed by atoms with Gasteiger partial charge in [0.05, 0.1) is 17.6 Å². The Morgan fingerprint density at radius 2 is 1.46 bits per heavy atom. The molecule has 182 valence electrons. The van der Waals surface area contributed by atoms with Gasteiger partial charge < -0.3 is 18.6 Å². The molecule has 0 aliphatic rings. The SMILES string of the molecule is CCOc1ccccc1Oc1c(C)oc2cc(OCc3c(F)c(F)c(F)c(F)c3F)ccc2c1=O. The smallest absolute Gasteiger partial charge is 0.235 e. The molecule has 0 spiro atoms. The van der Waals surface area contributed by atoms with Gasteiger partial charge in [-0.1, -0.05) is 12.1 Å². The molecule has 3 aromatic carbocycles. The highest BCUT2D eigenvalue weighted by Crippen LogP contribution is 2.33. The highest BCUT2D eigenvalue weighted by Gasteiger charge is 2.26. The average molecular weight is 492 g/mol. The number of rotatable bonds is 7. The van der Waals surface area contributed by atoms with Gasteiger partial charge in [-0.05, 0) is 38.1 Å². The Bertz CT molecular complexity index is 1450. The van der Waals surface area contributed by atoms with Crippen LogP contribution in [-0.2, 0) is 6.61 Å². The van der Waals surface area contributed by atoms with Crippen LogP contribution >= 0.6 is 0 Å². The Kier molecular flexibility index (Phi) is 6.63. The van der Waals surface area contributed by atoms with Crippen LogP contribution in [0.3, 0.4) is 0 Å². The van der Waals surface area contributed by atoms with E-state index in [0.29, 0.717) is 18.1 Å². The van der Waals surface area contributed by atoms with Crippen molar-refractivity contribution in [2.24, 2.45) is 0 Å². The molecule has 0 saturated heterocycles. The predicted octanol–water partition coefficient (Wildman–Crippen LogP) is 6.57. The molecule has 10 heteroatoms. The number of halogens is 5. The van der Waals surface area contributed by atoms with Gasteiger partial charge >= 0.3 is 0 Å². The van der Waals surface area contributed by atoms with E-state index < -0.39 is 46.7 Å². The van der Waals surface area contributed by atoms with E-state index in [1.165, 1.54) is 25.1 Å². The number of aryl methyl sites for hydroxylation is 1. The van der Waals surface area contributed by atoms with Gasteiger partial charge in [0.15, 0.2) is 34.8 Å². The fourth-order valence-corrected chi connectivity index (χ4v) is 3.33. The Hall–Kier alpha value is -4.08. The first-order valence-corrected chi connectivity index (χ1v) is 10.3. The lowest BCUT2D eigenvalue weighted by Crippen LogP contribution is -2.10. The molecule has 0 aliphatic heterocycles. The van der Waals surface area contributed by atoms with Crippen LogP contribution in [0.2, 0.25) is 0 Å². The van der Waals surface area contributed by atoms with Crippen LogP contribution in [0.25, 0.3) is 11.0 Å². The molecular weight excluding hydrogens is 475 g/mol. The quantitative estimate of drug-likeness (QED) is 0.166. The average Bonchev–Trinajstić information content (AvgIpc) is 2.85. The third kappa shape index (κ3) is 4.51. The van der Waals surface area contributed by atoms with Gasteiger partial charge in [-0.25, -0.2) is 22.0 Å². The third-order valence-electron chi connectivity index (χ3n) is 5.03. The summed E-state index contributed by atoms with van der Waals surface area (Å²) in [4.78, 5) is 13.0. The first kappa shape index (κ1) is 24.1. The van der Waals surface area contributed by atoms with Gasteiger partial charge in [0.2, 0.25) is 17.0 Å². The summed E-state index contributed by atoms with van der Waals surface area (Å²) in [7, 11) is 0. The minimum atomic E-state index is -2.26. The maximum atomic E-state index is 13.9. The van der Waals surface area contributed by atoms with Crippen molar-refractivity contribution in [3.05, 3.63) is 93.1 Å². The zero-order valence-corrected chi connectivity index (χ0v) is 18.4. The van der Waals surface area contributed by atoms with Crippen LogP contribution in [-0.4, -0.2) is 6.61 Å². The summed E-state index contributed by atoms with van der Waals surface area (Å²) < 4.78 is 89.9. The summed E-state index contributed by atoms with van der Waals surface area (Å²) in [5, 5.41) is 0.114. The van der Waals surface area contributed by atoms with E-state index in [9.17, 15) is 26.7 Å². The maximum Gasteiger partial charge on any atom is 0.235 e. The molecule has 0 amide bonds. The Balaban J connectivity index is 1.64. The summed E-state index contributed by atoms with van der Waals surface area (Å²) in [6.45, 7) is 2.75. The van der Waals surface area contributed by atoms with Crippen LogP contribution < -0.4 is 19.6 Å². The summed E-state index contributed by atoms with van der Waals surface area (Å²) >= 11 is 0. The second kappa shape index (κ2) is 9.65. The number of hydrogen-bond acceptors (Lipinski definition) is 5. The van der Waals surface area contributed by atoms with Crippen LogP contribution in [0.4, 0.5) is 22.0 Å². The fraction of sp³-hybridized carbons (Fsp3) is 0.160. The number of para-hydroxylation sites is 2. The van der Waals surface area contributed by atoms with Crippen molar-refractivity contribution in [2.45, 2.75) is 20.5 Å². The largest absolute Gasteiger partial charge is 0.490 e. The van der Waals surface area contributed by atoms with E-state index in [1.807, 2.05) is 0 Å².